The van der Waals surface area contributed by atoms with Gasteiger partial charge in [-0.05, 0) is 59.8 Å². The Kier molecular flexibility index (Phi) is 5.13. The Morgan fingerprint density at radius 2 is 2.00 bits per heavy atom. The van der Waals surface area contributed by atoms with Crippen LogP contribution in [0.25, 0.3) is 0 Å². The molecule has 2 unspecified atom stereocenters. The van der Waals surface area contributed by atoms with Gasteiger partial charge in [-0.25, -0.2) is 0 Å². The van der Waals surface area contributed by atoms with Crippen molar-refractivity contribution in [1.82, 2.24) is 5.32 Å². The average molecular weight is 372 g/mol. The minimum Gasteiger partial charge on any atom is -0.365 e. The molecule has 1 heterocycles. The van der Waals surface area contributed by atoms with Crippen molar-refractivity contribution < 1.29 is 0 Å². The molecule has 2 nitrogen and oxygen atoms in total. The molecule has 0 spiro atoms. The minimum absolute atomic E-state index is 0.516. The van der Waals surface area contributed by atoms with Gasteiger partial charge in [-0.3, -0.25) is 0 Å². The predicted molar refractivity (Wildman–Crippen MR) is 94.3 cm³/mol. The van der Waals surface area contributed by atoms with Gasteiger partial charge in [0, 0.05) is 34.7 Å². The number of benzene rings is 1. The van der Waals surface area contributed by atoms with E-state index in [4.69, 9.17) is 11.6 Å². The van der Waals surface area contributed by atoms with Crippen molar-refractivity contribution in [2.75, 3.05) is 18.0 Å². The Morgan fingerprint density at radius 3 is 2.71 bits per heavy atom. The molecule has 1 aliphatic carbocycles. The fourth-order valence-corrected chi connectivity index (χ4v) is 4.70. The van der Waals surface area contributed by atoms with Gasteiger partial charge in [0.1, 0.15) is 0 Å². The molecule has 0 bridgehead atoms. The lowest BCUT2D eigenvalue weighted by molar-refractivity contribution is 0.245. The molecule has 1 aliphatic heterocycles. The zero-order valence-electron chi connectivity index (χ0n) is 12.6. The van der Waals surface area contributed by atoms with Crippen LogP contribution in [0, 0.1) is 5.92 Å². The first-order valence-electron chi connectivity index (χ1n) is 8.10. The molecule has 0 aromatic heterocycles. The number of hydrogen-bond acceptors (Lipinski definition) is 2. The van der Waals surface area contributed by atoms with E-state index in [0.29, 0.717) is 12.1 Å². The average Bonchev–Trinajstić information content (AvgIpc) is 2.49. The Balaban J connectivity index is 1.76. The monoisotopic (exact) mass is 370 g/mol. The molecule has 1 saturated carbocycles. The highest BCUT2D eigenvalue weighted by atomic mass is 79.9. The lowest BCUT2D eigenvalue weighted by atomic mass is 9.82. The van der Waals surface area contributed by atoms with Crippen molar-refractivity contribution in [2.24, 2.45) is 5.92 Å². The van der Waals surface area contributed by atoms with Gasteiger partial charge in [0.05, 0.1) is 5.69 Å². The molecule has 1 N–H and O–H groups in total. The molecule has 4 heteroatoms. The van der Waals surface area contributed by atoms with Crippen LogP contribution >= 0.6 is 27.5 Å². The van der Waals surface area contributed by atoms with Crippen LogP contribution in [0.1, 0.15) is 39.0 Å². The van der Waals surface area contributed by atoms with E-state index in [-0.39, 0.29) is 0 Å². The van der Waals surface area contributed by atoms with Crippen molar-refractivity contribution >= 4 is 33.2 Å². The molecular formula is C17H24BrClN2. The maximum atomic E-state index is 6.08. The Hall–Kier alpha value is -0.250. The quantitative estimate of drug-likeness (QED) is 0.799. The van der Waals surface area contributed by atoms with Crippen molar-refractivity contribution in [3.63, 3.8) is 0 Å². The van der Waals surface area contributed by atoms with Gasteiger partial charge in [-0.2, -0.15) is 0 Å². The van der Waals surface area contributed by atoms with Crippen LogP contribution in [0.2, 0.25) is 5.02 Å². The van der Waals surface area contributed by atoms with Gasteiger partial charge < -0.3 is 10.2 Å². The third-order valence-electron chi connectivity index (χ3n) is 5.04. The fraction of sp³-hybridized carbons (Fsp3) is 0.647. The lowest BCUT2D eigenvalue weighted by Gasteiger charge is -2.44. The highest BCUT2D eigenvalue weighted by Crippen LogP contribution is 2.34. The number of halogens is 2. The summed E-state index contributed by atoms with van der Waals surface area (Å²) in [7, 11) is 0. The van der Waals surface area contributed by atoms with Crippen molar-refractivity contribution in [3.8, 4) is 0 Å². The summed E-state index contributed by atoms with van der Waals surface area (Å²) in [5, 5.41) is 4.58. The SMILES string of the molecule is CC1CNC(C2CCCCC2)CN1c1ccc(Cl)cc1Br. The standard InChI is InChI=1S/C17H24BrClN2/c1-12-10-20-16(13-5-3-2-4-6-13)11-21(12)17-8-7-14(19)9-15(17)18/h7-9,12-13,16,20H,2-6,10-11H2,1H3. The van der Waals surface area contributed by atoms with Gasteiger partial charge in [-0.1, -0.05) is 30.9 Å². The summed E-state index contributed by atoms with van der Waals surface area (Å²) in [6, 6.07) is 7.28. The molecule has 0 amide bonds. The largest absolute Gasteiger partial charge is 0.365 e. The topological polar surface area (TPSA) is 15.3 Å². The lowest BCUT2D eigenvalue weighted by Crippen LogP contribution is -2.58. The van der Waals surface area contributed by atoms with Gasteiger partial charge in [-0.15, -0.1) is 0 Å². The van der Waals surface area contributed by atoms with E-state index in [1.807, 2.05) is 12.1 Å². The number of hydrogen-bond donors (Lipinski definition) is 1. The van der Waals surface area contributed by atoms with Gasteiger partial charge in [0.15, 0.2) is 0 Å². The van der Waals surface area contributed by atoms with Gasteiger partial charge >= 0.3 is 0 Å². The Labute approximate surface area is 141 Å². The third kappa shape index (κ3) is 3.57. The highest BCUT2D eigenvalue weighted by molar-refractivity contribution is 9.10. The first-order valence-corrected chi connectivity index (χ1v) is 9.27. The molecule has 0 radical (unpaired) electrons. The first-order chi connectivity index (χ1) is 10.1. The molecular weight excluding hydrogens is 348 g/mol. The second kappa shape index (κ2) is 6.89. The molecule has 3 rings (SSSR count). The fourth-order valence-electron chi connectivity index (χ4n) is 3.79. The number of anilines is 1. The van der Waals surface area contributed by atoms with E-state index in [0.717, 1.165) is 28.5 Å². The van der Waals surface area contributed by atoms with Crippen LogP contribution < -0.4 is 10.2 Å². The second-order valence-electron chi connectivity index (χ2n) is 6.51. The maximum Gasteiger partial charge on any atom is 0.0515 e. The Morgan fingerprint density at radius 1 is 1.24 bits per heavy atom. The summed E-state index contributed by atoms with van der Waals surface area (Å²) < 4.78 is 1.10. The summed E-state index contributed by atoms with van der Waals surface area (Å²) in [4.78, 5) is 2.54. The van der Waals surface area contributed by atoms with E-state index in [9.17, 15) is 0 Å². The molecule has 2 aliphatic rings. The number of nitrogens with one attached hydrogen (secondary N) is 1. The van der Waals surface area contributed by atoms with E-state index in [1.165, 1.54) is 37.8 Å². The molecule has 2 fully saturated rings. The Bertz CT molecular complexity index is 488. The van der Waals surface area contributed by atoms with Crippen molar-refractivity contribution in [2.45, 2.75) is 51.1 Å². The molecule has 2 atom stereocenters. The van der Waals surface area contributed by atoms with E-state index in [2.05, 4.69) is 39.1 Å². The third-order valence-corrected chi connectivity index (χ3v) is 5.91. The second-order valence-corrected chi connectivity index (χ2v) is 7.80. The zero-order chi connectivity index (χ0) is 14.8. The summed E-state index contributed by atoms with van der Waals surface area (Å²) >= 11 is 9.76. The number of piperazine rings is 1. The van der Waals surface area contributed by atoms with Crippen LogP contribution in [0.5, 0.6) is 0 Å². The molecule has 1 aromatic rings. The van der Waals surface area contributed by atoms with E-state index < -0.39 is 0 Å². The summed E-state index contributed by atoms with van der Waals surface area (Å²) in [6.07, 6.45) is 7.02. The normalized spacial score (nSPS) is 27.9. The van der Waals surface area contributed by atoms with E-state index in [1.54, 1.807) is 0 Å². The van der Waals surface area contributed by atoms with Crippen LogP contribution in [0.3, 0.4) is 0 Å². The molecule has 1 aromatic carbocycles. The van der Waals surface area contributed by atoms with Gasteiger partial charge in [0.2, 0.25) is 0 Å². The summed E-state index contributed by atoms with van der Waals surface area (Å²) in [5.41, 5.74) is 1.27. The van der Waals surface area contributed by atoms with E-state index >= 15 is 0 Å². The number of nitrogens with zero attached hydrogens (tertiary/aromatic N) is 1. The predicted octanol–water partition coefficient (Wildman–Crippen LogP) is 4.85. The highest BCUT2D eigenvalue weighted by Gasteiger charge is 2.31. The van der Waals surface area contributed by atoms with Gasteiger partial charge in [0.25, 0.3) is 0 Å². The summed E-state index contributed by atoms with van der Waals surface area (Å²) in [6.45, 7) is 4.47. The van der Waals surface area contributed by atoms with Crippen LogP contribution in [-0.4, -0.2) is 25.2 Å². The smallest absolute Gasteiger partial charge is 0.0515 e. The van der Waals surface area contributed by atoms with Crippen LogP contribution in [0.15, 0.2) is 22.7 Å². The molecule has 116 valence electrons. The molecule has 21 heavy (non-hydrogen) atoms. The van der Waals surface area contributed by atoms with Crippen molar-refractivity contribution in [3.05, 3.63) is 27.7 Å². The zero-order valence-corrected chi connectivity index (χ0v) is 15.0. The maximum absolute atomic E-state index is 6.08. The minimum atomic E-state index is 0.516. The first kappa shape index (κ1) is 15.6. The molecule has 1 saturated heterocycles. The number of rotatable bonds is 2. The van der Waals surface area contributed by atoms with Crippen molar-refractivity contribution in [1.29, 1.82) is 0 Å². The van der Waals surface area contributed by atoms with Crippen LogP contribution in [0.4, 0.5) is 5.69 Å². The van der Waals surface area contributed by atoms with Crippen LogP contribution in [-0.2, 0) is 0 Å². The summed E-state index contributed by atoms with van der Waals surface area (Å²) in [5.74, 6) is 0.847.